The molecule has 0 spiro atoms. The topological polar surface area (TPSA) is 35.5 Å². The van der Waals surface area contributed by atoms with E-state index < -0.39 is 19.3 Å². The predicted molar refractivity (Wildman–Crippen MR) is 76.0 cm³/mol. The first-order valence-corrected chi connectivity index (χ1v) is 9.29. The van der Waals surface area contributed by atoms with Gasteiger partial charge in [0.15, 0.2) is 8.32 Å². The molecule has 0 heterocycles. The summed E-state index contributed by atoms with van der Waals surface area (Å²) in [4.78, 5) is 11.9. The van der Waals surface area contributed by atoms with Crippen LogP contribution >= 0.6 is 0 Å². The molecule has 1 saturated carbocycles. The molecule has 2 atom stereocenters. The van der Waals surface area contributed by atoms with E-state index >= 15 is 0 Å². The lowest BCUT2D eigenvalue weighted by atomic mass is 10.1. The van der Waals surface area contributed by atoms with Crippen LogP contribution in [-0.4, -0.2) is 27.0 Å². The summed E-state index contributed by atoms with van der Waals surface area (Å²) in [6.07, 6.45) is 2.45. The van der Waals surface area contributed by atoms with Gasteiger partial charge in [-0.1, -0.05) is 26.8 Å². The van der Waals surface area contributed by atoms with Crippen LogP contribution in [0.5, 0.6) is 0 Å². The molecule has 0 aromatic carbocycles. The van der Waals surface area contributed by atoms with Gasteiger partial charge in [0, 0.05) is 0 Å². The first-order valence-electron chi connectivity index (χ1n) is 6.38. The number of ether oxygens (including phenoxy) is 1. The van der Waals surface area contributed by atoms with Crippen molar-refractivity contribution in [3.63, 3.8) is 0 Å². The van der Waals surface area contributed by atoms with Crippen molar-refractivity contribution < 1.29 is 14.0 Å². The molecule has 0 N–H and O–H groups in total. The Balaban J connectivity index is 2.97. The average molecular weight is 270 g/mol. The minimum atomic E-state index is -1.93. The second-order valence-corrected chi connectivity index (χ2v) is 11.7. The normalized spacial score (nSPS) is 31.9. The minimum Gasteiger partial charge on any atom is -0.469 e. The second-order valence-electron chi connectivity index (χ2n) is 6.96. The Bertz CT molecular complexity index is 370. The molecule has 0 aromatic rings. The van der Waals surface area contributed by atoms with E-state index in [4.69, 9.17) is 9.16 Å². The van der Waals surface area contributed by atoms with Crippen molar-refractivity contribution in [2.24, 2.45) is 5.41 Å². The van der Waals surface area contributed by atoms with Crippen LogP contribution in [-0.2, 0) is 14.0 Å². The fraction of sp³-hybridized carbons (Fsp3) is 0.786. The number of rotatable bonds is 4. The summed E-state index contributed by atoms with van der Waals surface area (Å²) in [5.74, 6) is -0.207. The molecular weight excluding hydrogens is 244 g/mol. The van der Waals surface area contributed by atoms with Crippen LogP contribution in [0, 0.1) is 5.41 Å². The minimum absolute atomic E-state index is 0.114. The van der Waals surface area contributed by atoms with Crippen molar-refractivity contribution in [3.8, 4) is 0 Å². The Labute approximate surface area is 112 Å². The van der Waals surface area contributed by atoms with Crippen LogP contribution in [0.15, 0.2) is 12.7 Å². The Hall–Kier alpha value is -0.613. The summed E-state index contributed by atoms with van der Waals surface area (Å²) in [6.45, 7) is 16.7. The number of methoxy groups -OCH3 is 1. The molecule has 1 aliphatic carbocycles. The average Bonchev–Trinajstić information content (AvgIpc) is 2.82. The van der Waals surface area contributed by atoms with Crippen molar-refractivity contribution in [3.05, 3.63) is 12.7 Å². The second kappa shape index (κ2) is 4.20. The van der Waals surface area contributed by atoms with Crippen molar-refractivity contribution in [2.45, 2.75) is 57.8 Å². The van der Waals surface area contributed by atoms with Gasteiger partial charge in [-0.05, 0) is 31.5 Å². The zero-order chi connectivity index (χ0) is 14.4. The molecule has 0 amide bonds. The van der Waals surface area contributed by atoms with Gasteiger partial charge in [0.25, 0.3) is 0 Å². The summed E-state index contributed by atoms with van der Waals surface area (Å²) in [6, 6.07) is 0. The standard InChI is InChI=1S/C14H26O3Si/c1-9-14(10-13(14,5)11(15)16-6)17-18(7,8)12(2,3)4/h9H,1,10H2,2-8H3. The summed E-state index contributed by atoms with van der Waals surface area (Å²) in [7, 11) is -0.503. The lowest BCUT2D eigenvalue weighted by Crippen LogP contribution is -2.46. The maximum absolute atomic E-state index is 11.9. The number of carbonyl (C=O) groups excluding carboxylic acids is 1. The van der Waals surface area contributed by atoms with Crippen LogP contribution in [0.25, 0.3) is 0 Å². The molecule has 0 aromatic heterocycles. The zero-order valence-corrected chi connectivity index (χ0v) is 13.7. The fourth-order valence-corrected chi connectivity index (χ4v) is 3.65. The van der Waals surface area contributed by atoms with Crippen LogP contribution in [0.3, 0.4) is 0 Å². The van der Waals surface area contributed by atoms with Gasteiger partial charge >= 0.3 is 5.97 Å². The van der Waals surface area contributed by atoms with Gasteiger partial charge in [-0.3, -0.25) is 4.79 Å². The molecule has 2 unspecified atom stereocenters. The van der Waals surface area contributed by atoms with E-state index in [1.165, 1.54) is 7.11 Å². The van der Waals surface area contributed by atoms with E-state index in [2.05, 4.69) is 40.4 Å². The van der Waals surface area contributed by atoms with E-state index in [0.717, 1.165) is 0 Å². The van der Waals surface area contributed by atoms with Gasteiger partial charge in [-0.25, -0.2) is 0 Å². The molecule has 0 bridgehead atoms. The van der Waals surface area contributed by atoms with E-state index in [9.17, 15) is 4.79 Å². The fourth-order valence-electron chi connectivity index (χ4n) is 2.05. The van der Waals surface area contributed by atoms with Gasteiger partial charge in [0.2, 0.25) is 0 Å². The smallest absolute Gasteiger partial charge is 0.314 e. The first kappa shape index (κ1) is 15.4. The Kier molecular flexibility index (Phi) is 3.61. The van der Waals surface area contributed by atoms with Crippen LogP contribution < -0.4 is 0 Å². The number of hydrogen-bond donors (Lipinski definition) is 0. The van der Waals surface area contributed by atoms with Crippen LogP contribution in [0.2, 0.25) is 18.1 Å². The Morgan fingerprint density at radius 2 is 1.89 bits per heavy atom. The Morgan fingerprint density at radius 3 is 2.22 bits per heavy atom. The monoisotopic (exact) mass is 270 g/mol. The molecule has 1 fully saturated rings. The van der Waals surface area contributed by atoms with Crippen LogP contribution in [0.1, 0.15) is 34.1 Å². The number of hydrogen-bond acceptors (Lipinski definition) is 3. The SMILES string of the molecule is C=CC1(O[Si](C)(C)C(C)(C)C)CC1(C)C(=O)OC. The maximum Gasteiger partial charge on any atom is 0.314 e. The van der Waals surface area contributed by atoms with Crippen molar-refractivity contribution in [1.82, 2.24) is 0 Å². The highest BCUT2D eigenvalue weighted by molar-refractivity contribution is 6.74. The predicted octanol–water partition coefficient (Wildman–Crippen LogP) is 3.52. The summed E-state index contributed by atoms with van der Waals surface area (Å²) >= 11 is 0. The third-order valence-electron chi connectivity index (χ3n) is 4.63. The van der Waals surface area contributed by atoms with E-state index in [0.29, 0.717) is 6.42 Å². The highest BCUT2D eigenvalue weighted by Crippen LogP contribution is 2.62. The molecule has 1 rings (SSSR count). The molecular formula is C14H26O3Si. The first-order chi connectivity index (χ1) is 7.96. The van der Waals surface area contributed by atoms with Gasteiger partial charge in [-0.2, -0.15) is 0 Å². The van der Waals surface area contributed by atoms with Crippen LogP contribution in [0.4, 0.5) is 0 Å². The van der Waals surface area contributed by atoms with Crippen molar-refractivity contribution in [1.29, 1.82) is 0 Å². The molecule has 4 heteroatoms. The number of esters is 1. The molecule has 0 saturated heterocycles. The highest BCUT2D eigenvalue weighted by Gasteiger charge is 2.71. The quantitative estimate of drug-likeness (QED) is 0.445. The molecule has 18 heavy (non-hydrogen) atoms. The molecule has 104 valence electrons. The lowest BCUT2D eigenvalue weighted by Gasteiger charge is -2.39. The largest absolute Gasteiger partial charge is 0.469 e. The van der Waals surface area contributed by atoms with Crippen molar-refractivity contribution >= 4 is 14.3 Å². The van der Waals surface area contributed by atoms with Crippen molar-refractivity contribution in [2.75, 3.05) is 7.11 Å². The van der Waals surface area contributed by atoms with Gasteiger partial charge < -0.3 is 9.16 Å². The third kappa shape index (κ3) is 2.16. The third-order valence-corrected chi connectivity index (χ3v) is 9.12. The number of carbonyl (C=O) groups is 1. The summed E-state index contributed by atoms with van der Waals surface area (Å²) < 4.78 is 11.3. The zero-order valence-electron chi connectivity index (χ0n) is 12.7. The van der Waals surface area contributed by atoms with E-state index in [-0.39, 0.29) is 11.0 Å². The molecule has 3 nitrogen and oxygen atoms in total. The van der Waals surface area contributed by atoms with E-state index in [1.54, 1.807) is 6.08 Å². The van der Waals surface area contributed by atoms with E-state index in [1.807, 2.05) is 6.92 Å². The molecule has 0 aliphatic heterocycles. The maximum atomic E-state index is 11.9. The Morgan fingerprint density at radius 1 is 1.39 bits per heavy atom. The van der Waals surface area contributed by atoms with Gasteiger partial charge in [0.05, 0.1) is 18.1 Å². The lowest BCUT2D eigenvalue weighted by molar-refractivity contribution is -0.148. The molecule has 0 radical (unpaired) electrons. The molecule has 1 aliphatic rings. The summed E-state index contributed by atoms with van der Waals surface area (Å²) in [5.41, 5.74) is -1.11. The highest BCUT2D eigenvalue weighted by atomic mass is 28.4. The van der Waals surface area contributed by atoms with Gasteiger partial charge in [0.1, 0.15) is 0 Å². The van der Waals surface area contributed by atoms with Gasteiger partial charge in [-0.15, -0.1) is 6.58 Å². The summed E-state index contributed by atoms with van der Waals surface area (Å²) in [5, 5.41) is 0.114.